The average Bonchev–Trinajstić information content (AvgIpc) is 2.99. The predicted molar refractivity (Wildman–Crippen MR) is 79.2 cm³/mol. The van der Waals surface area contributed by atoms with Crippen molar-refractivity contribution >= 4 is 17.2 Å². The molecule has 2 N–H and O–H groups in total. The van der Waals surface area contributed by atoms with Gasteiger partial charge in [-0.25, -0.2) is 4.98 Å². The smallest absolute Gasteiger partial charge is 0.263 e. The molecule has 2 aromatic rings. The molecule has 6 nitrogen and oxygen atoms in total. The zero-order valence-electron chi connectivity index (χ0n) is 12.0. The number of thiazole rings is 1. The molecule has 1 unspecified atom stereocenters. The van der Waals surface area contributed by atoms with Gasteiger partial charge in [-0.2, -0.15) is 5.10 Å². The number of rotatable bonds is 5. The largest absolute Gasteiger partial charge is 0.383 e. The summed E-state index contributed by atoms with van der Waals surface area (Å²) in [6, 6.07) is 0. The first kappa shape index (κ1) is 14.2. The van der Waals surface area contributed by atoms with Crippen LogP contribution in [0, 0.1) is 0 Å². The molecule has 7 heteroatoms. The fourth-order valence-corrected chi connectivity index (χ4v) is 3.00. The van der Waals surface area contributed by atoms with E-state index >= 15 is 0 Å². The van der Waals surface area contributed by atoms with E-state index in [0.717, 1.165) is 18.5 Å². The van der Waals surface area contributed by atoms with Crippen molar-refractivity contribution in [2.45, 2.75) is 31.3 Å². The van der Waals surface area contributed by atoms with Crippen LogP contribution >= 0.6 is 11.3 Å². The van der Waals surface area contributed by atoms with E-state index in [0.29, 0.717) is 16.4 Å². The number of aromatic nitrogens is 3. The molecule has 2 heterocycles. The maximum atomic E-state index is 12.3. The minimum atomic E-state index is -1.14. The number of hydrogen-bond donors (Lipinski definition) is 2. The van der Waals surface area contributed by atoms with Gasteiger partial charge in [0, 0.05) is 24.7 Å². The lowest BCUT2D eigenvalue weighted by Crippen LogP contribution is -2.38. The standard InChI is InChI=1S/C14H18N4O2S/c1-14(20,10-5-17-18(2)6-10)7-15-13(19)12-11(9-3-4-9)16-8-21-12/h5-6,8-9,20H,3-4,7H2,1-2H3,(H,15,19). The fraction of sp³-hybridized carbons (Fsp3) is 0.500. The minimum absolute atomic E-state index is 0.138. The number of carbonyl (C=O) groups excluding carboxylic acids is 1. The van der Waals surface area contributed by atoms with Crippen molar-refractivity contribution in [3.05, 3.63) is 34.0 Å². The topological polar surface area (TPSA) is 80.0 Å². The molecular formula is C14H18N4O2S. The van der Waals surface area contributed by atoms with Crippen LogP contribution in [0.1, 0.15) is 46.6 Å². The Morgan fingerprint density at radius 2 is 2.38 bits per heavy atom. The molecule has 1 aliphatic rings. The van der Waals surface area contributed by atoms with E-state index in [1.807, 2.05) is 0 Å². The Morgan fingerprint density at radius 3 is 3.00 bits per heavy atom. The SMILES string of the molecule is Cn1cc(C(C)(O)CNC(=O)c2scnc2C2CC2)cn1. The maximum absolute atomic E-state index is 12.3. The summed E-state index contributed by atoms with van der Waals surface area (Å²) in [5, 5.41) is 17.3. The van der Waals surface area contributed by atoms with Gasteiger partial charge < -0.3 is 10.4 Å². The summed E-state index contributed by atoms with van der Waals surface area (Å²) < 4.78 is 1.63. The molecule has 1 amide bonds. The summed E-state index contributed by atoms with van der Waals surface area (Å²) in [6.45, 7) is 1.80. The Kier molecular flexibility index (Phi) is 3.54. The van der Waals surface area contributed by atoms with Gasteiger partial charge in [0.15, 0.2) is 0 Å². The molecule has 0 aromatic carbocycles. The minimum Gasteiger partial charge on any atom is -0.383 e. The summed E-state index contributed by atoms with van der Waals surface area (Å²) >= 11 is 1.36. The van der Waals surface area contributed by atoms with Crippen LogP contribution in [0.4, 0.5) is 0 Å². The van der Waals surface area contributed by atoms with Crippen LogP contribution < -0.4 is 5.32 Å². The third kappa shape index (κ3) is 2.98. The lowest BCUT2D eigenvalue weighted by Gasteiger charge is -2.22. The normalized spacial score (nSPS) is 17.5. The van der Waals surface area contributed by atoms with Gasteiger partial charge in [-0.15, -0.1) is 11.3 Å². The second kappa shape index (κ2) is 5.23. The first-order chi connectivity index (χ1) is 9.97. The van der Waals surface area contributed by atoms with Crippen LogP contribution in [0.25, 0.3) is 0 Å². The predicted octanol–water partition coefficient (Wildman–Crippen LogP) is 1.39. The van der Waals surface area contributed by atoms with Crippen LogP contribution in [-0.2, 0) is 12.6 Å². The molecule has 1 atom stereocenters. The van der Waals surface area contributed by atoms with Gasteiger partial charge in [0.2, 0.25) is 0 Å². The third-order valence-electron chi connectivity index (χ3n) is 3.69. The van der Waals surface area contributed by atoms with Crippen molar-refractivity contribution in [1.29, 1.82) is 0 Å². The van der Waals surface area contributed by atoms with E-state index in [9.17, 15) is 9.90 Å². The summed E-state index contributed by atoms with van der Waals surface area (Å²) in [6.07, 6.45) is 5.57. The summed E-state index contributed by atoms with van der Waals surface area (Å²) in [7, 11) is 1.79. The molecule has 0 spiro atoms. The van der Waals surface area contributed by atoms with Gasteiger partial charge in [0.25, 0.3) is 5.91 Å². The number of aryl methyl sites for hydroxylation is 1. The molecule has 0 saturated heterocycles. The first-order valence-electron chi connectivity index (χ1n) is 6.90. The summed E-state index contributed by atoms with van der Waals surface area (Å²) in [4.78, 5) is 17.2. The van der Waals surface area contributed by atoms with E-state index in [1.165, 1.54) is 11.3 Å². The van der Waals surface area contributed by atoms with Gasteiger partial charge in [-0.05, 0) is 19.8 Å². The van der Waals surface area contributed by atoms with Crippen LogP contribution in [0.2, 0.25) is 0 Å². The number of hydrogen-bond acceptors (Lipinski definition) is 5. The zero-order chi connectivity index (χ0) is 15.0. The average molecular weight is 306 g/mol. The molecule has 0 aliphatic heterocycles. The highest BCUT2D eigenvalue weighted by Crippen LogP contribution is 2.41. The summed E-state index contributed by atoms with van der Waals surface area (Å²) in [5.74, 6) is 0.277. The van der Waals surface area contributed by atoms with Crippen molar-refractivity contribution in [1.82, 2.24) is 20.1 Å². The van der Waals surface area contributed by atoms with Gasteiger partial charge in [-0.3, -0.25) is 9.48 Å². The second-order valence-corrected chi connectivity index (χ2v) is 6.55. The Bertz CT molecular complexity index is 657. The van der Waals surface area contributed by atoms with Crippen molar-refractivity contribution in [3.8, 4) is 0 Å². The van der Waals surface area contributed by atoms with Gasteiger partial charge in [0.1, 0.15) is 10.5 Å². The van der Waals surface area contributed by atoms with E-state index < -0.39 is 5.60 Å². The Morgan fingerprint density at radius 1 is 1.62 bits per heavy atom. The number of nitrogens with zero attached hydrogens (tertiary/aromatic N) is 3. The highest BCUT2D eigenvalue weighted by Gasteiger charge is 2.31. The molecule has 3 rings (SSSR count). The van der Waals surface area contributed by atoms with Gasteiger partial charge >= 0.3 is 0 Å². The molecule has 1 aliphatic carbocycles. The second-order valence-electron chi connectivity index (χ2n) is 5.70. The number of nitrogens with one attached hydrogen (secondary N) is 1. The lowest BCUT2D eigenvalue weighted by atomic mass is 10.00. The van der Waals surface area contributed by atoms with Crippen LogP contribution in [0.15, 0.2) is 17.9 Å². The molecule has 2 aromatic heterocycles. The van der Waals surface area contributed by atoms with E-state index in [-0.39, 0.29) is 12.5 Å². The van der Waals surface area contributed by atoms with Crippen LogP contribution in [0.3, 0.4) is 0 Å². The van der Waals surface area contributed by atoms with E-state index in [4.69, 9.17) is 0 Å². The molecule has 1 fully saturated rings. The third-order valence-corrected chi connectivity index (χ3v) is 4.53. The summed E-state index contributed by atoms with van der Waals surface area (Å²) in [5.41, 5.74) is 2.14. The van der Waals surface area contributed by atoms with Crippen molar-refractivity contribution < 1.29 is 9.90 Å². The first-order valence-corrected chi connectivity index (χ1v) is 7.78. The highest BCUT2D eigenvalue weighted by molar-refractivity contribution is 7.11. The number of aliphatic hydroxyl groups is 1. The van der Waals surface area contributed by atoms with Crippen LogP contribution in [-0.4, -0.2) is 32.3 Å². The van der Waals surface area contributed by atoms with Gasteiger partial charge in [-0.1, -0.05) is 0 Å². The lowest BCUT2D eigenvalue weighted by molar-refractivity contribution is 0.0526. The van der Waals surface area contributed by atoms with Crippen molar-refractivity contribution in [3.63, 3.8) is 0 Å². The zero-order valence-corrected chi connectivity index (χ0v) is 12.9. The molecule has 1 saturated carbocycles. The Labute approximate surface area is 126 Å². The molecule has 112 valence electrons. The number of amides is 1. The molecule has 21 heavy (non-hydrogen) atoms. The molecular weight excluding hydrogens is 288 g/mol. The van der Waals surface area contributed by atoms with Crippen molar-refractivity contribution in [2.24, 2.45) is 7.05 Å². The highest BCUT2D eigenvalue weighted by atomic mass is 32.1. The van der Waals surface area contributed by atoms with E-state index in [1.54, 1.807) is 36.6 Å². The molecule has 0 bridgehead atoms. The number of carbonyl (C=O) groups is 1. The van der Waals surface area contributed by atoms with Gasteiger partial charge in [0.05, 0.1) is 23.9 Å². The maximum Gasteiger partial charge on any atom is 0.263 e. The quantitative estimate of drug-likeness (QED) is 0.875. The monoisotopic (exact) mass is 306 g/mol. The van der Waals surface area contributed by atoms with E-state index in [2.05, 4.69) is 15.4 Å². The Balaban J connectivity index is 1.66. The fourth-order valence-electron chi connectivity index (χ4n) is 2.21. The van der Waals surface area contributed by atoms with Crippen molar-refractivity contribution in [2.75, 3.05) is 6.54 Å². The van der Waals surface area contributed by atoms with Crippen LogP contribution in [0.5, 0.6) is 0 Å². The molecule has 0 radical (unpaired) electrons. The Hall–Kier alpha value is -1.73.